The summed E-state index contributed by atoms with van der Waals surface area (Å²) < 4.78 is 1.08. The molecular formula is C13H18BrClN2. The molecule has 1 aliphatic rings. The molecule has 1 aromatic rings. The Kier molecular flexibility index (Phi) is 5.29. The van der Waals surface area contributed by atoms with Crippen molar-refractivity contribution in [2.45, 2.75) is 31.8 Å². The Balaban J connectivity index is 1.61. The molecule has 4 heteroatoms. The summed E-state index contributed by atoms with van der Waals surface area (Å²) in [6, 6.07) is 6.77. The molecular weight excluding hydrogens is 300 g/mol. The Labute approximate surface area is 116 Å². The van der Waals surface area contributed by atoms with Crippen LogP contribution in [0.2, 0.25) is 5.02 Å². The highest BCUT2D eigenvalue weighted by Gasteiger charge is 2.19. The molecule has 0 amide bonds. The SMILES string of the molecule is Clc1ccc(Br)cc1CNCCCNC1CC1. The topological polar surface area (TPSA) is 24.1 Å². The summed E-state index contributed by atoms with van der Waals surface area (Å²) in [5.41, 5.74) is 1.15. The van der Waals surface area contributed by atoms with E-state index in [2.05, 4.69) is 32.6 Å². The van der Waals surface area contributed by atoms with Gasteiger partial charge in [-0.3, -0.25) is 0 Å². The normalized spacial score (nSPS) is 15.2. The van der Waals surface area contributed by atoms with Gasteiger partial charge in [-0.1, -0.05) is 27.5 Å². The minimum atomic E-state index is 0.814. The number of benzene rings is 1. The molecule has 1 saturated carbocycles. The van der Waals surface area contributed by atoms with Gasteiger partial charge < -0.3 is 10.6 Å². The smallest absolute Gasteiger partial charge is 0.0451 e. The summed E-state index contributed by atoms with van der Waals surface area (Å²) in [7, 11) is 0. The monoisotopic (exact) mass is 316 g/mol. The highest BCUT2D eigenvalue weighted by molar-refractivity contribution is 9.10. The Morgan fingerprint density at radius 3 is 2.88 bits per heavy atom. The predicted molar refractivity (Wildman–Crippen MR) is 76.5 cm³/mol. The van der Waals surface area contributed by atoms with Crippen LogP contribution >= 0.6 is 27.5 Å². The maximum absolute atomic E-state index is 6.11. The van der Waals surface area contributed by atoms with Crippen LogP contribution in [0.15, 0.2) is 22.7 Å². The van der Waals surface area contributed by atoms with Crippen LogP contribution in [-0.4, -0.2) is 19.1 Å². The Hall–Kier alpha value is -0.0900. The molecule has 0 spiro atoms. The van der Waals surface area contributed by atoms with Crippen LogP contribution in [0.3, 0.4) is 0 Å². The lowest BCUT2D eigenvalue weighted by molar-refractivity contribution is 0.593. The molecule has 1 aromatic carbocycles. The fourth-order valence-electron chi connectivity index (χ4n) is 1.71. The van der Waals surface area contributed by atoms with Gasteiger partial charge in [0.1, 0.15) is 0 Å². The average Bonchev–Trinajstić information content (AvgIpc) is 3.11. The van der Waals surface area contributed by atoms with E-state index in [1.807, 2.05) is 12.1 Å². The van der Waals surface area contributed by atoms with E-state index in [0.717, 1.165) is 40.7 Å². The van der Waals surface area contributed by atoms with Crippen molar-refractivity contribution in [3.05, 3.63) is 33.3 Å². The quantitative estimate of drug-likeness (QED) is 0.754. The third-order valence-corrected chi connectivity index (χ3v) is 3.73. The van der Waals surface area contributed by atoms with Crippen molar-refractivity contribution in [3.63, 3.8) is 0 Å². The molecule has 2 rings (SSSR count). The first-order chi connectivity index (χ1) is 8.25. The number of rotatable bonds is 7. The van der Waals surface area contributed by atoms with Crippen LogP contribution in [-0.2, 0) is 6.54 Å². The highest BCUT2D eigenvalue weighted by Crippen LogP contribution is 2.20. The van der Waals surface area contributed by atoms with Gasteiger partial charge in [0.2, 0.25) is 0 Å². The second kappa shape index (κ2) is 6.74. The zero-order chi connectivity index (χ0) is 12.1. The maximum Gasteiger partial charge on any atom is 0.0451 e. The molecule has 1 aliphatic carbocycles. The fourth-order valence-corrected chi connectivity index (χ4v) is 2.30. The van der Waals surface area contributed by atoms with E-state index in [-0.39, 0.29) is 0 Å². The van der Waals surface area contributed by atoms with Crippen molar-refractivity contribution in [3.8, 4) is 0 Å². The highest BCUT2D eigenvalue weighted by atomic mass is 79.9. The summed E-state index contributed by atoms with van der Waals surface area (Å²) in [5, 5.41) is 7.75. The van der Waals surface area contributed by atoms with Gasteiger partial charge in [-0.25, -0.2) is 0 Å². The van der Waals surface area contributed by atoms with Crippen LogP contribution in [0, 0.1) is 0 Å². The lowest BCUT2D eigenvalue weighted by atomic mass is 10.2. The number of hydrogen-bond donors (Lipinski definition) is 2. The Morgan fingerprint density at radius 1 is 1.29 bits per heavy atom. The molecule has 0 aliphatic heterocycles. The zero-order valence-electron chi connectivity index (χ0n) is 9.81. The first-order valence-electron chi connectivity index (χ1n) is 6.14. The minimum absolute atomic E-state index is 0.814. The van der Waals surface area contributed by atoms with Crippen LogP contribution < -0.4 is 10.6 Å². The first kappa shape index (κ1) is 13.3. The predicted octanol–water partition coefficient (Wildman–Crippen LogP) is 3.33. The van der Waals surface area contributed by atoms with Crippen molar-refractivity contribution in [2.24, 2.45) is 0 Å². The Bertz CT molecular complexity index is 366. The molecule has 0 radical (unpaired) electrons. The second-order valence-corrected chi connectivity index (χ2v) is 5.82. The summed E-state index contributed by atoms with van der Waals surface area (Å²) in [4.78, 5) is 0. The fraction of sp³-hybridized carbons (Fsp3) is 0.538. The standard InChI is InChI=1S/C13H18BrClN2/c14-11-2-5-13(15)10(8-11)9-16-6-1-7-17-12-3-4-12/h2,5,8,12,16-17H,1,3-4,6-7,9H2. The molecule has 0 heterocycles. The summed E-state index contributed by atoms with van der Waals surface area (Å²) in [6.07, 6.45) is 3.89. The number of halogens is 2. The van der Waals surface area contributed by atoms with Crippen molar-refractivity contribution < 1.29 is 0 Å². The minimum Gasteiger partial charge on any atom is -0.314 e. The van der Waals surface area contributed by atoms with Gasteiger partial charge in [-0.05, 0) is 56.1 Å². The first-order valence-corrected chi connectivity index (χ1v) is 7.31. The van der Waals surface area contributed by atoms with E-state index >= 15 is 0 Å². The molecule has 2 nitrogen and oxygen atoms in total. The van der Waals surface area contributed by atoms with E-state index in [1.54, 1.807) is 0 Å². The molecule has 17 heavy (non-hydrogen) atoms. The van der Waals surface area contributed by atoms with Crippen LogP contribution in [0.25, 0.3) is 0 Å². The summed E-state index contributed by atoms with van der Waals surface area (Å²) in [6.45, 7) is 2.98. The van der Waals surface area contributed by atoms with Crippen LogP contribution in [0.1, 0.15) is 24.8 Å². The van der Waals surface area contributed by atoms with E-state index < -0.39 is 0 Å². The van der Waals surface area contributed by atoms with Gasteiger partial charge in [-0.15, -0.1) is 0 Å². The van der Waals surface area contributed by atoms with E-state index in [4.69, 9.17) is 11.6 Å². The van der Waals surface area contributed by atoms with Crippen molar-refractivity contribution in [2.75, 3.05) is 13.1 Å². The third-order valence-electron chi connectivity index (χ3n) is 2.86. The number of hydrogen-bond acceptors (Lipinski definition) is 2. The molecule has 0 aromatic heterocycles. The third kappa shape index (κ3) is 4.96. The molecule has 0 saturated heterocycles. The van der Waals surface area contributed by atoms with Crippen molar-refractivity contribution in [1.29, 1.82) is 0 Å². The van der Waals surface area contributed by atoms with Gasteiger partial charge in [0.15, 0.2) is 0 Å². The molecule has 0 atom stereocenters. The lowest BCUT2D eigenvalue weighted by Gasteiger charge is -2.07. The van der Waals surface area contributed by atoms with Gasteiger partial charge in [0.05, 0.1) is 0 Å². The van der Waals surface area contributed by atoms with Crippen molar-refractivity contribution >= 4 is 27.5 Å². The molecule has 1 fully saturated rings. The lowest BCUT2D eigenvalue weighted by Crippen LogP contribution is -2.23. The zero-order valence-corrected chi connectivity index (χ0v) is 12.1. The maximum atomic E-state index is 6.11. The van der Waals surface area contributed by atoms with Gasteiger partial charge in [-0.2, -0.15) is 0 Å². The molecule has 0 unspecified atom stereocenters. The van der Waals surface area contributed by atoms with Crippen molar-refractivity contribution in [1.82, 2.24) is 10.6 Å². The average molecular weight is 318 g/mol. The van der Waals surface area contributed by atoms with E-state index in [1.165, 1.54) is 19.3 Å². The molecule has 94 valence electrons. The van der Waals surface area contributed by atoms with Crippen LogP contribution in [0.5, 0.6) is 0 Å². The number of nitrogens with one attached hydrogen (secondary N) is 2. The van der Waals surface area contributed by atoms with E-state index in [0.29, 0.717) is 0 Å². The van der Waals surface area contributed by atoms with Gasteiger partial charge >= 0.3 is 0 Å². The Morgan fingerprint density at radius 2 is 2.12 bits per heavy atom. The van der Waals surface area contributed by atoms with E-state index in [9.17, 15) is 0 Å². The molecule has 0 bridgehead atoms. The largest absolute Gasteiger partial charge is 0.314 e. The molecule has 2 N–H and O–H groups in total. The second-order valence-electron chi connectivity index (χ2n) is 4.49. The van der Waals surface area contributed by atoms with Crippen LogP contribution in [0.4, 0.5) is 0 Å². The van der Waals surface area contributed by atoms with Gasteiger partial charge in [0.25, 0.3) is 0 Å². The summed E-state index contributed by atoms with van der Waals surface area (Å²) in [5.74, 6) is 0. The summed E-state index contributed by atoms with van der Waals surface area (Å²) >= 11 is 9.57. The van der Waals surface area contributed by atoms with Gasteiger partial charge in [0, 0.05) is 22.1 Å².